The molecule has 2 heteroatoms. The summed E-state index contributed by atoms with van der Waals surface area (Å²) < 4.78 is 0. The molecule has 2 nitrogen and oxygen atoms in total. The van der Waals surface area contributed by atoms with Crippen LogP contribution in [0.15, 0.2) is 53.5 Å². The Bertz CT molecular complexity index is 572. The van der Waals surface area contributed by atoms with E-state index in [2.05, 4.69) is 42.3 Å². The van der Waals surface area contributed by atoms with Gasteiger partial charge in [0.2, 0.25) is 0 Å². The van der Waals surface area contributed by atoms with E-state index in [0.717, 1.165) is 17.7 Å². The van der Waals surface area contributed by atoms with E-state index in [1.165, 1.54) is 5.56 Å². The number of aliphatic imine (C=N–C) groups is 1. The van der Waals surface area contributed by atoms with E-state index in [1.54, 1.807) is 12.1 Å². The lowest BCUT2D eigenvalue weighted by Gasteiger charge is -1.97. The Balaban J connectivity index is 2.11. The molecule has 0 aromatic heterocycles. The predicted molar refractivity (Wildman–Crippen MR) is 74.2 cm³/mol. The van der Waals surface area contributed by atoms with E-state index in [9.17, 15) is 0 Å². The van der Waals surface area contributed by atoms with Crippen molar-refractivity contribution in [3.05, 3.63) is 65.2 Å². The molecule has 2 rings (SSSR count). The largest absolute Gasteiger partial charge is 0.256 e. The van der Waals surface area contributed by atoms with Gasteiger partial charge in [-0.2, -0.15) is 5.26 Å². The van der Waals surface area contributed by atoms with Crippen LogP contribution < -0.4 is 0 Å². The van der Waals surface area contributed by atoms with Crippen LogP contribution >= 0.6 is 0 Å². The molecule has 0 radical (unpaired) electrons. The summed E-state index contributed by atoms with van der Waals surface area (Å²) in [4.78, 5) is 4.37. The minimum absolute atomic E-state index is 0.654. The van der Waals surface area contributed by atoms with E-state index in [-0.39, 0.29) is 0 Å². The van der Waals surface area contributed by atoms with Crippen molar-refractivity contribution in [1.29, 1.82) is 5.26 Å². The molecule has 88 valence electrons. The van der Waals surface area contributed by atoms with Crippen LogP contribution in [0.4, 0.5) is 5.69 Å². The summed E-state index contributed by atoms with van der Waals surface area (Å²) in [6.45, 7) is 2.14. The summed E-state index contributed by atoms with van der Waals surface area (Å²) in [5.41, 5.74) is 3.91. The first-order valence-corrected chi connectivity index (χ1v) is 5.95. The van der Waals surface area contributed by atoms with Gasteiger partial charge in [0.15, 0.2) is 0 Å². The van der Waals surface area contributed by atoms with Gasteiger partial charge in [0.05, 0.1) is 17.3 Å². The third-order valence-electron chi connectivity index (χ3n) is 2.75. The third-order valence-corrected chi connectivity index (χ3v) is 2.75. The summed E-state index contributed by atoms with van der Waals surface area (Å²) in [5, 5.41) is 8.70. The highest BCUT2D eigenvalue weighted by atomic mass is 14.7. The number of nitriles is 1. The van der Waals surface area contributed by atoms with Crippen molar-refractivity contribution in [2.75, 3.05) is 0 Å². The fourth-order valence-electron chi connectivity index (χ4n) is 1.61. The van der Waals surface area contributed by atoms with E-state index < -0.39 is 0 Å². The van der Waals surface area contributed by atoms with Crippen LogP contribution in [0.2, 0.25) is 0 Å². The Kier molecular flexibility index (Phi) is 3.88. The Labute approximate surface area is 107 Å². The lowest BCUT2D eigenvalue weighted by Crippen LogP contribution is -1.83. The Hall–Kier alpha value is -2.40. The minimum Gasteiger partial charge on any atom is -0.256 e. The summed E-state index contributed by atoms with van der Waals surface area (Å²) in [6, 6.07) is 17.7. The van der Waals surface area contributed by atoms with Crippen LogP contribution in [-0.2, 0) is 6.42 Å². The zero-order valence-corrected chi connectivity index (χ0v) is 10.3. The van der Waals surface area contributed by atoms with Gasteiger partial charge in [0, 0.05) is 6.21 Å². The van der Waals surface area contributed by atoms with Crippen LogP contribution in [0.25, 0.3) is 0 Å². The molecule has 0 saturated heterocycles. The SMILES string of the molecule is CCc1ccc(C=Nc2ccc(C#N)cc2)cc1. The summed E-state index contributed by atoms with van der Waals surface area (Å²) in [7, 11) is 0. The highest BCUT2D eigenvalue weighted by molar-refractivity contribution is 5.81. The molecule has 2 aromatic rings. The smallest absolute Gasteiger partial charge is 0.0991 e. The first-order chi connectivity index (χ1) is 8.81. The monoisotopic (exact) mass is 234 g/mol. The number of aryl methyl sites for hydroxylation is 1. The molecule has 0 amide bonds. The third kappa shape index (κ3) is 3.05. The molecule has 18 heavy (non-hydrogen) atoms. The highest BCUT2D eigenvalue weighted by Gasteiger charge is 1.92. The second-order valence-electron chi connectivity index (χ2n) is 4.01. The van der Waals surface area contributed by atoms with Gasteiger partial charge >= 0.3 is 0 Å². The van der Waals surface area contributed by atoms with Gasteiger partial charge < -0.3 is 0 Å². The van der Waals surface area contributed by atoms with Crippen molar-refractivity contribution in [2.24, 2.45) is 4.99 Å². The van der Waals surface area contributed by atoms with Crippen molar-refractivity contribution in [3.63, 3.8) is 0 Å². The number of hydrogen-bond donors (Lipinski definition) is 0. The number of hydrogen-bond acceptors (Lipinski definition) is 2. The maximum Gasteiger partial charge on any atom is 0.0991 e. The standard InChI is InChI=1S/C16H14N2/c1-2-13-3-5-15(6-4-13)12-18-16-9-7-14(11-17)8-10-16/h3-10,12H,2H2,1H3. The number of nitrogens with zero attached hydrogens (tertiary/aromatic N) is 2. The number of benzene rings is 2. The van der Waals surface area contributed by atoms with Crippen molar-refractivity contribution in [2.45, 2.75) is 13.3 Å². The van der Waals surface area contributed by atoms with Gasteiger partial charge in [-0.05, 0) is 41.8 Å². The van der Waals surface area contributed by atoms with Crippen LogP contribution in [0, 0.1) is 11.3 Å². The zero-order valence-electron chi connectivity index (χ0n) is 10.3. The average Bonchev–Trinajstić information content (AvgIpc) is 2.46. The van der Waals surface area contributed by atoms with Crippen LogP contribution in [0.5, 0.6) is 0 Å². The normalized spacial score (nSPS) is 10.4. The summed E-state index contributed by atoms with van der Waals surface area (Å²) >= 11 is 0. The second-order valence-corrected chi connectivity index (χ2v) is 4.01. The lowest BCUT2D eigenvalue weighted by atomic mass is 10.1. The fraction of sp³-hybridized carbons (Fsp3) is 0.125. The number of rotatable bonds is 3. The topological polar surface area (TPSA) is 36.1 Å². The fourth-order valence-corrected chi connectivity index (χ4v) is 1.61. The predicted octanol–water partition coefficient (Wildman–Crippen LogP) is 3.87. The maximum atomic E-state index is 8.70. The molecule has 0 atom stereocenters. The molecule has 0 heterocycles. The first kappa shape index (κ1) is 12.1. The minimum atomic E-state index is 0.654. The van der Waals surface area contributed by atoms with Gasteiger partial charge in [0.1, 0.15) is 0 Å². The Morgan fingerprint density at radius 3 is 2.28 bits per heavy atom. The summed E-state index contributed by atoms with van der Waals surface area (Å²) in [5.74, 6) is 0. The molecular formula is C16H14N2. The molecule has 0 fully saturated rings. The molecule has 0 spiro atoms. The first-order valence-electron chi connectivity index (χ1n) is 5.95. The van der Waals surface area contributed by atoms with Crippen LogP contribution in [0.1, 0.15) is 23.6 Å². The molecule has 0 aliphatic carbocycles. The van der Waals surface area contributed by atoms with Gasteiger partial charge in [0.25, 0.3) is 0 Å². The summed E-state index contributed by atoms with van der Waals surface area (Å²) in [6.07, 6.45) is 2.88. The molecular weight excluding hydrogens is 220 g/mol. The molecule has 0 unspecified atom stereocenters. The molecule has 0 aliphatic heterocycles. The second kappa shape index (κ2) is 5.79. The van der Waals surface area contributed by atoms with Crippen molar-refractivity contribution >= 4 is 11.9 Å². The van der Waals surface area contributed by atoms with Gasteiger partial charge in [-0.3, -0.25) is 4.99 Å². The zero-order chi connectivity index (χ0) is 12.8. The quantitative estimate of drug-likeness (QED) is 0.742. The van der Waals surface area contributed by atoms with Gasteiger partial charge in [-0.1, -0.05) is 31.2 Å². The Morgan fingerprint density at radius 1 is 1.06 bits per heavy atom. The highest BCUT2D eigenvalue weighted by Crippen LogP contribution is 2.12. The van der Waals surface area contributed by atoms with E-state index >= 15 is 0 Å². The Morgan fingerprint density at radius 2 is 1.72 bits per heavy atom. The van der Waals surface area contributed by atoms with Gasteiger partial charge in [-0.25, -0.2) is 0 Å². The van der Waals surface area contributed by atoms with E-state index in [0.29, 0.717) is 5.56 Å². The molecule has 2 aromatic carbocycles. The van der Waals surface area contributed by atoms with E-state index in [4.69, 9.17) is 5.26 Å². The van der Waals surface area contributed by atoms with Crippen LogP contribution in [-0.4, -0.2) is 6.21 Å². The molecule has 0 N–H and O–H groups in total. The molecule has 0 aliphatic rings. The van der Waals surface area contributed by atoms with Crippen LogP contribution in [0.3, 0.4) is 0 Å². The maximum absolute atomic E-state index is 8.70. The molecule has 0 bridgehead atoms. The van der Waals surface area contributed by atoms with Gasteiger partial charge in [-0.15, -0.1) is 0 Å². The van der Waals surface area contributed by atoms with Crippen molar-refractivity contribution < 1.29 is 0 Å². The molecule has 0 saturated carbocycles. The van der Waals surface area contributed by atoms with E-state index in [1.807, 2.05) is 18.3 Å². The average molecular weight is 234 g/mol. The van der Waals surface area contributed by atoms with Crippen molar-refractivity contribution in [3.8, 4) is 6.07 Å². The van der Waals surface area contributed by atoms with Crippen molar-refractivity contribution in [1.82, 2.24) is 0 Å². The lowest BCUT2D eigenvalue weighted by molar-refractivity contribution is 1.14.